The largest absolute Gasteiger partial charge is 0.355 e. The Balaban J connectivity index is 1.59. The average Bonchev–Trinajstić information content (AvgIpc) is 3.75. The molecule has 8 bridgehead atoms. The molecule has 0 fully saturated rings. The van der Waals surface area contributed by atoms with Crippen molar-refractivity contribution in [2.24, 2.45) is 0 Å². The van der Waals surface area contributed by atoms with E-state index >= 15 is 0 Å². The first-order chi connectivity index (χ1) is 19.0. The van der Waals surface area contributed by atoms with E-state index in [4.69, 9.17) is 9.97 Å². The van der Waals surface area contributed by atoms with Gasteiger partial charge in [-0.2, -0.15) is 0 Å². The molecule has 4 nitrogen and oxygen atoms in total. The molecule has 2 aliphatic heterocycles. The van der Waals surface area contributed by atoms with Crippen LogP contribution in [0, 0.1) is 13.8 Å². The summed E-state index contributed by atoms with van der Waals surface area (Å²) in [5, 5.41) is 0. The normalized spacial score (nSPS) is 12.3. The van der Waals surface area contributed by atoms with Crippen molar-refractivity contribution >= 4 is 62.3 Å². The van der Waals surface area contributed by atoms with Gasteiger partial charge in [-0.05, 0) is 95.5 Å². The molecule has 5 aromatic rings. The van der Waals surface area contributed by atoms with Gasteiger partial charge in [0.1, 0.15) is 0 Å². The molecule has 0 spiro atoms. The first-order valence-corrected chi connectivity index (χ1v) is 13.7. The minimum atomic E-state index is 0.851. The van der Waals surface area contributed by atoms with Crippen LogP contribution in [0.5, 0.6) is 0 Å². The Labute approximate surface area is 235 Å². The highest BCUT2D eigenvalue weighted by molar-refractivity contribution is 9.10. The zero-order valence-corrected chi connectivity index (χ0v) is 23.2. The molecule has 3 aromatic heterocycles. The van der Waals surface area contributed by atoms with Crippen molar-refractivity contribution in [3.8, 4) is 22.3 Å². The van der Waals surface area contributed by atoms with Crippen molar-refractivity contribution in [2.45, 2.75) is 13.8 Å². The quantitative estimate of drug-likeness (QED) is 0.218. The van der Waals surface area contributed by atoms with Gasteiger partial charge in [0.05, 0.1) is 27.2 Å². The Bertz CT molecular complexity index is 1830. The van der Waals surface area contributed by atoms with Gasteiger partial charge in [0.25, 0.3) is 0 Å². The third-order valence-corrected chi connectivity index (χ3v) is 8.00. The monoisotopic (exact) mass is 568 g/mol. The van der Waals surface area contributed by atoms with Crippen molar-refractivity contribution < 1.29 is 0 Å². The summed E-state index contributed by atoms with van der Waals surface area (Å²) >= 11 is 3.82. The summed E-state index contributed by atoms with van der Waals surface area (Å²) in [5.74, 6) is 0. The maximum atomic E-state index is 5.06. The molecule has 188 valence electrons. The number of hydrogen-bond donors (Lipinski definition) is 2. The van der Waals surface area contributed by atoms with Crippen LogP contribution in [0.2, 0.25) is 0 Å². The number of halogens is 1. The summed E-state index contributed by atoms with van der Waals surface area (Å²) in [6.45, 7) is 4.21. The van der Waals surface area contributed by atoms with Crippen LogP contribution in [0.15, 0.2) is 83.3 Å². The standard InChI is InChI=1S/C34H25BrN4/c1-20-3-7-22(8-4-20)32-26-13-11-24(36-26)19-25-12-14-27(37-25)33(23-9-5-21(2)6-10-23)29-16-18-31(39-29)34(35)30-17-15-28(32)38-30/h3-19,36-37H,1-2H3. The van der Waals surface area contributed by atoms with Gasteiger partial charge < -0.3 is 9.97 Å². The van der Waals surface area contributed by atoms with Crippen molar-refractivity contribution in [3.63, 3.8) is 0 Å². The second-order valence-electron chi connectivity index (χ2n) is 10.0. The molecule has 0 atom stereocenters. The molecule has 2 aromatic carbocycles. The molecule has 2 aliphatic rings. The Hall–Kier alpha value is -4.48. The summed E-state index contributed by atoms with van der Waals surface area (Å²) in [4.78, 5) is 17.4. The van der Waals surface area contributed by atoms with Crippen molar-refractivity contribution in [1.82, 2.24) is 19.9 Å². The molecule has 0 saturated heterocycles. The third-order valence-electron chi connectivity index (χ3n) is 7.19. The number of nitrogens with one attached hydrogen (secondary N) is 2. The van der Waals surface area contributed by atoms with E-state index in [1.165, 1.54) is 11.1 Å². The van der Waals surface area contributed by atoms with E-state index in [9.17, 15) is 0 Å². The van der Waals surface area contributed by atoms with Gasteiger partial charge in [-0.3, -0.25) is 0 Å². The number of hydrogen-bond acceptors (Lipinski definition) is 2. The number of H-pyrrole nitrogens is 2. The van der Waals surface area contributed by atoms with Crippen molar-refractivity contribution in [1.29, 1.82) is 0 Å². The molecule has 2 N–H and O–H groups in total. The van der Waals surface area contributed by atoms with Crippen LogP contribution < -0.4 is 0 Å². The fourth-order valence-electron chi connectivity index (χ4n) is 5.15. The lowest BCUT2D eigenvalue weighted by Gasteiger charge is -2.05. The number of nitrogens with zero attached hydrogens (tertiary/aromatic N) is 2. The zero-order chi connectivity index (χ0) is 26.5. The van der Waals surface area contributed by atoms with Crippen LogP contribution in [0.3, 0.4) is 0 Å². The zero-order valence-electron chi connectivity index (χ0n) is 21.6. The summed E-state index contributed by atoms with van der Waals surface area (Å²) in [7, 11) is 0. The number of aryl methyl sites for hydroxylation is 2. The van der Waals surface area contributed by atoms with Crippen LogP contribution in [-0.4, -0.2) is 19.9 Å². The number of benzene rings is 2. The van der Waals surface area contributed by atoms with E-state index in [1.807, 2.05) is 0 Å². The second kappa shape index (κ2) is 9.37. The molecule has 0 radical (unpaired) electrons. The van der Waals surface area contributed by atoms with Crippen LogP contribution in [0.1, 0.15) is 33.9 Å². The minimum absolute atomic E-state index is 0.851. The Kier molecular flexibility index (Phi) is 5.67. The molecular weight excluding hydrogens is 544 g/mol. The van der Waals surface area contributed by atoms with Gasteiger partial charge in [0.15, 0.2) is 0 Å². The van der Waals surface area contributed by atoms with Crippen molar-refractivity contribution in [3.05, 3.63) is 117 Å². The molecule has 7 rings (SSSR count). The van der Waals surface area contributed by atoms with Crippen LogP contribution >= 0.6 is 15.9 Å². The van der Waals surface area contributed by atoms with E-state index in [2.05, 4.69) is 143 Å². The Morgan fingerprint density at radius 1 is 0.513 bits per heavy atom. The topological polar surface area (TPSA) is 57.4 Å². The highest BCUT2D eigenvalue weighted by Crippen LogP contribution is 2.35. The van der Waals surface area contributed by atoms with E-state index in [-0.39, 0.29) is 0 Å². The minimum Gasteiger partial charge on any atom is -0.355 e. The summed E-state index contributed by atoms with van der Waals surface area (Å²) in [5.41, 5.74) is 14.4. The summed E-state index contributed by atoms with van der Waals surface area (Å²) in [6, 6.07) is 27.8. The summed E-state index contributed by atoms with van der Waals surface area (Å²) < 4.78 is 0.867. The number of aromatic amines is 2. The lowest BCUT2D eigenvalue weighted by Crippen LogP contribution is -1.88. The number of rotatable bonds is 2. The van der Waals surface area contributed by atoms with Gasteiger partial charge in [0.2, 0.25) is 0 Å². The van der Waals surface area contributed by atoms with Gasteiger partial charge in [-0.25, -0.2) is 9.97 Å². The maximum Gasteiger partial charge on any atom is 0.0801 e. The van der Waals surface area contributed by atoms with E-state index in [0.29, 0.717) is 0 Å². The Morgan fingerprint density at radius 2 is 0.923 bits per heavy atom. The summed E-state index contributed by atoms with van der Waals surface area (Å²) in [6.07, 6.45) is 8.27. The van der Waals surface area contributed by atoms with Gasteiger partial charge in [-0.15, -0.1) is 0 Å². The molecule has 0 aliphatic carbocycles. The molecular formula is C34H25BrN4. The maximum absolute atomic E-state index is 5.06. The average molecular weight is 570 g/mol. The fourth-order valence-corrected chi connectivity index (χ4v) is 5.59. The highest BCUT2D eigenvalue weighted by atomic mass is 79.9. The SMILES string of the molecule is Cc1ccc(-c2c3nc(c(Br)c4nc(c(-c5ccc(C)cc5)c5ccc(cc6ccc2[nH]6)[nH]5)C=C4)C=C3)cc1. The predicted molar refractivity (Wildman–Crippen MR) is 167 cm³/mol. The lowest BCUT2D eigenvalue weighted by molar-refractivity contribution is 1.25. The molecule has 0 unspecified atom stereocenters. The molecule has 0 amide bonds. The first-order valence-electron chi connectivity index (χ1n) is 12.9. The molecule has 5 heterocycles. The van der Waals surface area contributed by atoms with Gasteiger partial charge >= 0.3 is 0 Å². The first kappa shape index (κ1) is 23.6. The lowest BCUT2D eigenvalue weighted by atomic mass is 10.0. The van der Waals surface area contributed by atoms with E-state index in [1.54, 1.807) is 0 Å². The molecule has 0 saturated carbocycles. The van der Waals surface area contributed by atoms with Crippen LogP contribution in [0.25, 0.3) is 68.6 Å². The predicted octanol–water partition coefficient (Wildman–Crippen LogP) is 9.37. The van der Waals surface area contributed by atoms with Crippen molar-refractivity contribution in [2.75, 3.05) is 0 Å². The number of aromatic nitrogens is 4. The van der Waals surface area contributed by atoms with Crippen LogP contribution in [-0.2, 0) is 0 Å². The van der Waals surface area contributed by atoms with E-state index in [0.717, 1.165) is 71.6 Å². The van der Waals surface area contributed by atoms with Crippen LogP contribution in [0.4, 0.5) is 0 Å². The highest BCUT2D eigenvalue weighted by Gasteiger charge is 2.16. The fraction of sp³-hybridized carbons (Fsp3) is 0.0588. The second-order valence-corrected chi connectivity index (χ2v) is 10.8. The third kappa shape index (κ3) is 4.35. The molecule has 39 heavy (non-hydrogen) atoms. The smallest absolute Gasteiger partial charge is 0.0801 e. The molecule has 5 heteroatoms. The van der Waals surface area contributed by atoms with Gasteiger partial charge in [0, 0.05) is 33.2 Å². The Morgan fingerprint density at radius 3 is 1.36 bits per heavy atom. The number of fused-ring (bicyclic) bond motifs is 8. The van der Waals surface area contributed by atoms with E-state index < -0.39 is 0 Å². The van der Waals surface area contributed by atoms with Gasteiger partial charge in [-0.1, -0.05) is 59.7 Å².